The first kappa shape index (κ1) is 7.98. The largest absolute Gasteiger partial charge is 0.716 e. The van der Waals surface area contributed by atoms with Crippen molar-refractivity contribution in [2.45, 2.75) is 20.0 Å². The lowest BCUT2D eigenvalue weighted by Gasteiger charge is -1.87. The van der Waals surface area contributed by atoms with Gasteiger partial charge in [0.15, 0.2) is 0 Å². The third kappa shape index (κ3) is 4.15. The topological polar surface area (TPSA) is 61.5 Å². The summed E-state index contributed by atoms with van der Waals surface area (Å²) in [5.41, 5.74) is 0. The molecular weight excluding hydrogens is 129 g/mol. The van der Waals surface area contributed by atoms with Gasteiger partial charge in [0.1, 0.15) is 6.10 Å². The average Bonchev–Trinajstić information content (AvgIpc) is 1.65. The molecule has 0 aromatic carbocycles. The third-order valence-electron chi connectivity index (χ3n) is 0.383. The Morgan fingerprint density at radius 1 is 1.62 bits per heavy atom. The van der Waals surface area contributed by atoms with Crippen molar-refractivity contribution in [1.82, 2.24) is 0 Å². The molecule has 0 spiro atoms. The number of nitrogens with two attached hydrogens (primary N) is 1. The van der Waals surface area contributed by atoms with Crippen LogP contribution in [0.3, 0.4) is 0 Å². The van der Waals surface area contributed by atoms with Gasteiger partial charge in [0.2, 0.25) is 0 Å². The molecule has 0 amide bonds. The predicted molar refractivity (Wildman–Crippen MR) is 29.1 cm³/mol. The molecule has 0 heterocycles. The van der Waals surface area contributed by atoms with Gasteiger partial charge in [-0.05, 0) is 18.5 Å². The van der Waals surface area contributed by atoms with Crippen molar-refractivity contribution in [3.05, 3.63) is 0 Å². The van der Waals surface area contributed by atoms with E-state index in [1.807, 2.05) is 0 Å². The van der Waals surface area contributed by atoms with Crippen LogP contribution in [-0.4, -0.2) is 6.10 Å². The van der Waals surface area contributed by atoms with Crippen LogP contribution in [0.1, 0.15) is 13.8 Å². The maximum Gasteiger partial charge on any atom is 0.716 e. The monoisotopic (exact) mass is 138 g/mol. The molecule has 1 unspecified atom stereocenters. The summed E-state index contributed by atoms with van der Waals surface area (Å²) >= 11 is 0. The fourth-order valence-corrected chi connectivity index (χ4v) is 0.591. The molecule has 0 rings (SSSR count). The fraction of sp³-hybridized carbons (Fsp3) is 1.00. The van der Waals surface area contributed by atoms with Gasteiger partial charge in [-0.25, -0.2) is 0 Å². The van der Waals surface area contributed by atoms with Crippen molar-refractivity contribution in [3.8, 4) is 0 Å². The maximum atomic E-state index is 10.2. The smallest absolute Gasteiger partial charge is 0.162 e. The second-order valence-corrected chi connectivity index (χ2v) is 2.35. The molecule has 2 N–H and O–H groups in total. The zero-order valence-corrected chi connectivity index (χ0v) is 5.72. The van der Waals surface area contributed by atoms with Crippen molar-refractivity contribution in [2.24, 2.45) is 5.90 Å². The van der Waals surface area contributed by atoms with Crippen molar-refractivity contribution >= 4 is 8.25 Å². The molecule has 0 aliphatic carbocycles. The molecule has 8 heavy (non-hydrogen) atoms. The molecule has 0 radical (unpaired) electrons. The Hall–Kier alpha value is -0.0200. The van der Waals surface area contributed by atoms with E-state index in [1.165, 1.54) is 0 Å². The molecule has 0 aromatic rings. The summed E-state index contributed by atoms with van der Waals surface area (Å²) in [5, 5.41) is 0. The van der Waals surface area contributed by atoms with Crippen LogP contribution < -0.4 is 5.90 Å². The molecule has 0 aliphatic heterocycles. The first-order valence-corrected chi connectivity index (χ1v) is 3.27. The molecular formula is C3H9NO3P+. The standard InChI is InChI=1S/C3H9NO3P/c1-3(2)6-8(5)7-4/h3H,4H2,1-2H3/q+1. The van der Waals surface area contributed by atoms with Crippen LogP contribution in [-0.2, 0) is 13.7 Å². The number of rotatable bonds is 3. The molecule has 5 heteroatoms. The van der Waals surface area contributed by atoms with Gasteiger partial charge in [-0.15, -0.1) is 4.52 Å². The lowest BCUT2D eigenvalue weighted by molar-refractivity contribution is 0.189. The molecule has 0 bridgehead atoms. The summed E-state index contributed by atoms with van der Waals surface area (Å²) in [6.45, 7) is 3.48. The minimum Gasteiger partial charge on any atom is -0.162 e. The van der Waals surface area contributed by atoms with Crippen LogP contribution in [0, 0.1) is 0 Å². The Kier molecular flexibility index (Phi) is 3.91. The highest BCUT2D eigenvalue weighted by Crippen LogP contribution is 2.21. The predicted octanol–water partition coefficient (Wildman–Crippen LogP) is 0.959. The van der Waals surface area contributed by atoms with Gasteiger partial charge in [0, 0.05) is 4.57 Å². The van der Waals surface area contributed by atoms with E-state index < -0.39 is 8.25 Å². The summed E-state index contributed by atoms with van der Waals surface area (Å²) in [4.78, 5) is 0. The summed E-state index contributed by atoms with van der Waals surface area (Å²) in [6, 6.07) is 0. The normalized spacial score (nSPS) is 12.2. The first-order chi connectivity index (χ1) is 3.66. The zero-order chi connectivity index (χ0) is 6.57. The van der Waals surface area contributed by atoms with Crippen molar-refractivity contribution in [2.75, 3.05) is 0 Å². The summed E-state index contributed by atoms with van der Waals surface area (Å²) < 4.78 is 18.6. The van der Waals surface area contributed by atoms with E-state index in [9.17, 15) is 4.57 Å². The molecule has 0 saturated heterocycles. The number of hydrogen-bond donors (Lipinski definition) is 1. The molecule has 0 saturated carbocycles. The Morgan fingerprint density at radius 3 is 2.25 bits per heavy atom. The Morgan fingerprint density at radius 2 is 2.12 bits per heavy atom. The van der Waals surface area contributed by atoms with E-state index in [0.717, 1.165) is 0 Å². The zero-order valence-electron chi connectivity index (χ0n) is 4.83. The van der Waals surface area contributed by atoms with E-state index >= 15 is 0 Å². The van der Waals surface area contributed by atoms with Crippen molar-refractivity contribution in [1.29, 1.82) is 0 Å². The highest BCUT2D eigenvalue weighted by molar-refractivity contribution is 7.33. The summed E-state index contributed by atoms with van der Waals surface area (Å²) in [5.74, 6) is 4.51. The maximum absolute atomic E-state index is 10.2. The highest BCUT2D eigenvalue weighted by atomic mass is 31.1. The Bertz CT molecular complexity index is 84.6. The average molecular weight is 138 g/mol. The Labute approximate surface area is 48.9 Å². The minimum absolute atomic E-state index is 0.109. The molecule has 1 atom stereocenters. The molecule has 0 fully saturated rings. The minimum atomic E-state index is -2.09. The van der Waals surface area contributed by atoms with Crippen LogP contribution in [0.15, 0.2) is 0 Å². The van der Waals surface area contributed by atoms with Crippen LogP contribution in [0.4, 0.5) is 0 Å². The summed E-state index contributed by atoms with van der Waals surface area (Å²) in [6.07, 6.45) is -0.109. The van der Waals surface area contributed by atoms with Gasteiger partial charge < -0.3 is 0 Å². The molecule has 0 aliphatic rings. The molecule has 48 valence electrons. The summed E-state index contributed by atoms with van der Waals surface area (Å²) in [7, 11) is -2.09. The van der Waals surface area contributed by atoms with Crippen molar-refractivity contribution < 1.29 is 13.7 Å². The van der Waals surface area contributed by atoms with Crippen LogP contribution >= 0.6 is 8.25 Å². The van der Waals surface area contributed by atoms with Gasteiger partial charge in [-0.2, -0.15) is 5.90 Å². The first-order valence-electron chi connectivity index (χ1n) is 2.17. The molecule has 0 aromatic heterocycles. The van der Waals surface area contributed by atoms with E-state index in [4.69, 9.17) is 0 Å². The van der Waals surface area contributed by atoms with Crippen molar-refractivity contribution in [3.63, 3.8) is 0 Å². The Balaban J connectivity index is 3.25. The van der Waals surface area contributed by atoms with Gasteiger partial charge in [0.25, 0.3) is 0 Å². The quantitative estimate of drug-likeness (QED) is 0.466. The van der Waals surface area contributed by atoms with E-state index in [2.05, 4.69) is 15.0 Å². The van der Waals surface area contributed by atoms with Crippen LogP contribution in [0.2, 0.25) is 0 Å². The van der Waals surface area contributed by atoms with Gasteiger partial charge in [0.05, 0.1) is 0 Å². The van der Waals surface area contributed by atoms with E-state index in [0.29, 0.717) is 0 Å². The van der Waals surface area contributed by atoms with E-state index in [1.54, 1.807) is 13.8 Å². The van der Waals surface area contributed by atoms with Crippen LogP contribution in [0.25, 0.3) is 0 Å². The lowest BCUT2D eigenvalue weighted by Crippen LogP contribution is -1.98. The van der Waals surface area contributed by atoms with Gasteiger partial charge in [-0.1, -0.05) is 0 Å². The van der Waals surface area contributed by atoms with Gasteiger partial charge >= 0.3 is 8.25 Å². The van der Waals surface area contributed by atoms with E-state index in [-0.39, 0.29) is 6.10 Å². The fourth-order valence-electron chi connectivity index (χ4n) is 0.197. The lowest BCUT2D eigenvalue weighted by atomic mass is 10.5. The second-order valence-electron chi connectivity index (χ2n) is 1.48. The van der Waals surface area contributed by atoms with Crippen LogP contribution in [0.5, 0.6) is 0 Å². The SMILES string of the molecule is CC(C)O[P+](=O)ON. The molecule has 4 nitrogen and oxygen atoms in total. The third-order valence-corrected chi connectivity index (χ3v) is 1.15. The second kappa shape index (κ2) is 3.92. The highest BCUT2D eigenvalue weighted by Gasteiger charge is 2.19. The van der Waals surface area contributed by atoms with Gasteiger partial charge in [-0.3, -0.25) is 0 Å². The number of hydrogen-bond acceptors (Lipinski definition) is 4.